The van der Waals surface area contributed by atoms with Gasteiger partial charge in [0.05, 0.1) is 0 Å². The number of rotatable bonds is 3. The number of aryl methyl sites for hydroxylation is 1. The molecule has 0 bridgehead atoms. The van der Waals surface area contributed by atoms with Crippen molar-refractivity contribution < 1.29 is 0 Å². The fraction of sp³-hybridized carbons (Fsp3) is 0.217. The van der Waals surface area contributed by atoms with Crippen molar-refractivity contribution >= 4 is 17.6 Å². The van der Waals surface area contributed by atoms with Crippen LogP contribution in [0.3, 0.4) is 0 Å². The summed E-state index contributed by atoms with van der Waals surface area (Å²) in [7, 11) is 0. The van der Waals surface area contributed by atoms with Crippen LogP contribution in [0.4, 0.5) is 5.82 Å². The molecular weight excluding hydrogens is 350 g/mol. The van der Waals surface area contributed by atoms with Gasteiger partial charge in [-0.3, -0.25) is 0 Å². The van der Waals surface area contributed by atoms with Crippen molar-refractivity contribution in [3.05, 3.63) is 77.0 Å². The molecule has 1 aromatic heterocycles. The van der Waals surface area contributed by atoms with Crippen LogP contribution in [0, 0.1) is 11.3 Å². The average molecular weight is 372 g/mol. The maximum atomic E-state index is 9.77. The molecule has 134 valence electrons. The van der Waals surface area contributed by atoms with E-state index in [-0.39, 0.29) is 0 Å². The zero-order valence-corrected chi connectivity index (χ0v) is 16.1. The summed E-state index contributed by atoms with van der Waals surface area (Å²) in [4.78, 5) is 5.79. The third kappa shape index (κ3) is 3.31. The van der Waals surface area contributed by atoms with Gasteiger partial charge < -0.3 is 5.73 Å². The van der Waals surface area contributed by atoms with Crippen LogP contribution in [0.25, 0.3) is 11.1 Å². The van der Waals surface area contributed by atoms with E-state index in [2.05, 4.69) is 71.9 Å². The Morgan fingerprint density at radius 2 is 1.85 bits per heavy atom. The molecular formula is C23H21N3S. The van der Waals surface area contributed by atoms with Crippen molar-refractivity contribution in [2.24, 2.45) is 0 Å². The summed E-state index contributed by atoms with van der Waals surface area (Å²) in [6, 6.07) is 21.3. The highest BCUT2D eigenvalue weighted by Crippen LogP contribution is 2.40. The minimum absolute atomic E-state index is 0.346. The summed E-state index contributed by atoms with van der Waals surface area (Å²) < 4.78 is 0. The summed E-state index contributed by atoms with van der Waals surface area (Å²) >= 11 is 1.71. The average Bonchev–Trinajstić information content (AvgIpc) is 2.73. The van der Waals surface area contributed by atoms with Crippen molar-refractivity contribution in [3.63, 3.8) is 0 Å². The van der Waals surface area contributed by atoms with Gasteiger partial charge in [-0.15, -0.1) is 11.8 Å². The number of anilines is 1. The van der Waals surface area contributed by atoms with Crippen LogP contribution in [-0.4, -0.2) is 11.2 Å². The topological polar surface area (TPSA) is 62.7 Å². The molecule has 1 aliphatic rings. The zero-order valence-electron chi connectivity index (χ0n) is 15.3. The van der Waals surface area contributed by atoms with Gasteiger partial charge in [0.1, 0.15) is 17.5 Å². The Labute approximate surface area is 164 Å². The van der Waals surface area contributed by atoms with Crippen molar-refractivity contribution in [2.75, 3.05) is 12.0 Å². The number of nitrogens with two attached hydrogens (primary N) is 1. The molecule has 0 aliphatic heterocycles. The molecule has 2 N–H and O–H groups in total. The van der Waals surface area contributed by atoms with E-state index in [0.717, 1.165) is 36.1 Å². The molecule has 0 amide bonds. The first-order valence-electron chi connectivity index (χ1n) is 9.12. The molecule has 2 aromatic carbocycles. The SMILES string of the molecule is CSc1ccc(-c2c(C#N)c(N)nc3c2CC(c2ccccc2)CC3)cc1. The van der Waals surface area contributed by atoms with E-state index in [1.165, 1.54) is 16.0 Å². The van der Waals surface area contributed by atoms with Crippen LogP contribution in [-0.2, 0) is 12.8 Å². The minimum atomic E-state index is 0.346. The maximum absolute atomic E-state index is 9.77. The van der Waals surface area contributed by atoms with Crippen LogP contribution in [0.5, 0.6) is 0 Å². The lowest BCUT2D eigenvalue weighted by atomic mass is 9.78. The number of hydrogen-bond acceptors (Lipinski definition) is 4. The first-order valence-corrected chi connectivity index (χ1v) is 10.3. The van der Waals surface area contributed by atoms with E-state index < -0.39 is 0 Å². The van der Waals surface area contributed by atoms with Gasteiger partial charge in [-0.25, -0.2) is 4.98 Å². The standard InChI is InChI=1S/C23H21N3S/c1-27-18-10-7-16(8-11-18)22-19-13-17(15-5-3-2-4-6-15)9-12-21(19)26-23(25)20(22)14-24/h2-8,10-11,17H,9,12-13H2,1H3,(H2,25,26). The molecule has 27 heavy (non-hydrogen) atoms. The van der Waals surface area contributed by atoms with Crippen LogP contribution >= 0.6 is 11.8 Å². The van der Waals surface area contributed by atoms with Gasteiger partial charge in [0, 0.05) is 16.2 Å². The fourth-order valence-electron chi connectivity index (χ4n) is 3.98. The van der Waals surface area contributed by atoms with Gasteiger partial charge in [0.25, 0.3) is 0 Å². The molecule has 4 heteroatoms. The molecule has 1 heterocycles. The third-order valence-corrected chi connectivity index (χ3v) is 6.10. The Morgan fingerprint density at radius 3 is 2.52 bits per heavy atom. The Bertz CT molecular complexity index is 1000. The van der Waals surface area contributed by atoms with Crippen LogP contribution in [0.2, 0.25) is 0 Å². The van der Waals surface area contributed by atoms with Crippen molar-refractivity contribution in [1.82, 2.24) is 4.98 Å². The highest BCUT2D eigenvalue weighted by atomic mass is 32.2. The van der Waals surface area contributed by atoms with Crippen molar-refractivity contribution in [3.8, 4) is 17.2 Å². The molecule has 3 nitrogen and oxygen atoms in total. The second kappa shape index (κ2) is 7.46. The van der Waals surface area contributed by atoms with E-state index in [9.17, 15) is 5.26 Å². The van der Waals surface area contributed by atoms with E-state index in [1.807, 2.05) is 0 Å². The molecule has 1 aliphatic carbocycles. The van der Waals surface area contributed by atoms with E-state index >= 15 is 0 Å². The number of fused-ring (bicyclic) bond motifs is 1. The Kier molecular flexibility index (Phi) is 4.87. The monoisotopic (exact) mass is 371 g/mol. The van der Waals surface area contributed by atoms with Gasteiger partial charge in [-0.05, 0) is 60.3 Å². The number of pyridine rings is 1. The Morgan fingerprint density at radius 1 is 1.11 bits per heavy atom. The van der Waals surface area contributed by atoms with Crippen LogP contribution in [0.1, 0.15) is 34.7 Å². The summed E-state index contributed by atoms with van der Waals surface area (Å²) in [5.74, 6) is 0.790. The number of aromatic nitrogens is 1. The summed E-state index contributed by atoms with van der Waals surface area (Å²) in [5.41, 5.74) is 12.2. The summed E-state index contributed by atoms with van der Waals surface area (Å²) in [6.07, 6.45) is 4.90. The smallest absolute Gasteiger partial charge is 0.142 e. The molecule has 0 fully saturated rings. The number of nitrogens with zero attached hydrogens (tertiary/aromatic N) is 2. The summed E-state index contributed by atoms with van der Waals surface area (Å²) in [6.45, 7) is 0. The first kappa shape index (κ1) is 17.6. The first-order chi connectivity index (χ1) is 13.2. The Balaban J connectivity index is 1.85. The van der Waals surface area contributed by atoms with Gasteiger partial charge >= 0.3 is 0 Å². The predicted molar refractivity (Wildman–Crippen MR) is 112 cm³/mol. The zero-order chi connectivity index (χ0) is 18.8. The van der Waals surface area contributed by atoms with Crippen LogP contribution < -0.4 is 5.73 Å². The lowest BCUT2D eigenvalue weighted by Gasteiger charge is -2.27. The molecule has 0 saturated carbocycles. The largest absolute Gasteiger partial charge is 0.383 e. The predicted octanol–water partition coefficient (Wildman–Crippen LogP) is 5.20. The van der Waals surface area contributed by atoms with E-state index in [0.29, 0.717) is 17.3 Å². The van der Waals surface area contributed by atoms with Crippen molar-refractivity contribution in [1.29, 1.82) is 5.26 Å². The maximum Gasteiger partial charge on any atom is 0.142 e. The fourth-order valence-corrected chi connectivity index (χ4v) is 4.39. The van der Waals surface area contributed by atoms with Crippen LogP contribution in [0.15, 0.2) is 59.5 Å². The number of nitrogen functional groups attached to an aromatic ring is 1. The molecule has 0 radical (unpaired) electrons. The van der Waals surface area contributed by atoms with E-state index in [4.69, 9.17) is 5.73 Å². The quantitative estimate of drug-likeness (QED) is 0.643. The minimum Gasteiger partial charge on any atom is -0.383 e. The van der Waals surface area contributed by atoms with Gasteiger partial charge in [-0.2, -0.15) is 5.26 Å². The van der Waals surface area contributed by atoms with Gasteiger partial charge in [0.2, 0.25) is 0 Å². The molecule has 0 spiro atoms. The number of hydrogen-bond donors (Lipinski definition) is 1. The molecule has 1 unspecified atom stereocenters. The van der Waals surface area contributed by atoms with E-state index in [1.54, 1.807) is 11.8 Å². The highest BCUT2D eigenvalue weighted by Gasteiger charge is 2.27. The molecule has 4 rings (SSSR count). The highest BCUT2D eigenvalue weighted by molar-refractivity contribution is 7.98. The number of benzene rings is 2. The normalized spacial score (nSPS) is 15.8. The number of nitriles is 1. The second-order valence-electron chi connectivity index (χ2n) is 6.86. The molecule has 0 saturated heterocycles. The number of thioether (sulfide) groups is 1. The third-order valence-electron chi connectivity index (χ3n) is 5.35. The second-order valence-corrected chi connectivity index (χ2v) is 7.74. The summed E-state index contributed by atoms with van der Waals surface area (Å²) in [5, 5.41) is 9.77. The molecule has 3 aromatic rings. The van der Waals surface area contributed by atoms with Crippen molar-refractivity contribution in [2.45, 2.75) is 30.1 Å². The lowest BCUT2D eigenvalue weighted by molar-refractivity contribution is 0.576. The molecule has 1 atom stereocenters. The van der Waals surface area contributed by atoms with Gasteiger partial charge in [0.15, 0.2) is 0 Å². The van der Waals surface area contributed by atoms with Gasteiger partial charge in [-0.1, -0.05) is 42.5 Å². The Hall–Kier alpha value is -2.77. The lowest BCUT2D eigenvalue weighted by Crippen LogP contribution is -2.17.